The zero-order valence-electron chi connectivity index (χ0n) is 12.0. The van der Waals surface area contributed by atoms with Crippen LogP contribution in [0.3, 0.4) is 0 Å². The number of amides is 2. The minimum absolute atomic E-state index is 0.130. The zero-order chi connectivity index (χ0) is 15.2. The van der Waals surface area contributed by atoms with Gasteiger partial charge < -0.3 is 20.1 Å². The van der Waals surface area contributed by atoms with Gasteiger partial charge in [0.1, 0.15) is 6.61 Å². The van der Waals surface area contributed by atoms with E-state index in [0.29, 0.717) is 13.1 Å². The number of carboxylic acid groups (broad SMARTS) is 1. The van der Waals surface area contributed by atoms with Crippen molar-refractivity contribution in [3.63, 3.8) is 0 Å². The van der Waals surface area contributed by atoms with E-state index in [0.717, 1.165) is 12.0 Å². The SMILES string of the molecule is CC[C@@H]1CN(C(=O)O)C[C@@H]1NC(=O)OCc1ccccc1. The third-order valence-electron chi connectivity index (χ3n) is 3.75. The lowest BCUT2D eigenvalue weighted by Gasteiger charge is -2.17. The summed E-state index contributed by atoms with van der Waals surface area (Å²) in [5, 5.41) is 11.8. The Hall–Kier alpha value is -2.24. The lowest BCUT2D eigenvalue weighted by atomic mass is 10.0. The van der Waals surface area contributed by atoms with Gasteiger partial charge in [-0.05, 0) is 17.9 Å². The summed E-state index contributed by atoms with van der Waals surface area (Å²) in [6, 6.07) is 9.23. The Bertz CT molecular complexity index is 492. The molecule has 2 atom stereocenters. The van der Waals surface area contributed by atoms with Crippen molar-refractivity contribution in [2.45, 2.75) is 26.0 Å². The summed E-state index contributed by atoms with van der Waals surface area (Å²) < 4.78 is 5.16. The summed E-state index contributed by atoms with van der Waals surface area (Å²) in [7, 11) is 0. The van der Waals surface area contributed by atoms with Crippen molar-refractivity contribution >= 4 is 12.2 Å². The van der Waals surface area contributed by atoms with Crippen LogP contribution < -0.4 is 5.32 Å². The van der Waals surface area contributed by atoms with Gasteiger partial charge in [-0.2, -0.15) is 0 Å². The van der Waals surface area contributed by atoms with Gasteiger partial charge in [-0.15, -0.1) is 0 Å². The van der Waals surface area contributed by atoms with Crippen molar-refractivity contribution in [2.24, 2.45) is 5.92 Å². The number of ether oxygens (including phenoxy) is 1. The molecule has 1 aromatic rings. The van der Waals surface area contributed by atoms with Crippen LogP contribution in [0.4, 0.5) is 9.59 Å². The number of nitrogens with zero attached hydrogens (tertiary/aromatic N) is 1. The predicted molar refractivity (Wildman–Crippen MR) is 76.9 cm³/mol. The van der Waals surface area contributed by atoms with Gasteiger partial charge in [-0.25, -0.2) is 9.59 Å². The molecule has 0 unspecified atom stereocenters. The number of carbonyl (C=O) groups is 2. The molecule has 1 saturated heterocycles. The second-order valence-electron chi connectivity index (χ2n) is 5.17. The van der Waals surface area contributed by atoms with Crippen molar-refractivity contribution in [1.29, 1.82) is 0 Å². The van der Waals surface area contributed by atoms with Crippen LogP contribution in [-0.2, 0) is 11.3 Å². The highest BCUT2D eigenvalue weighted by Crippen LogP contribution is 2.20. The van der Waals surface area contributed by atoms with E-state index in [4.69, 9.17) is 9.84 Å². The quantitative estimate of drug-likeness (QED) is 0.892. The molecule has 6 heteroatoms. The molecule has 0 saturated carbocycles. The van der Waals surface area contributed by atoms with Gasteiger partial charge >= 0.3 is 12.2 Å². The second kappa shape index (κ2) is 6.97. The molecule has 0 radical (unpaired) electrons. The number of benzene rings is 1. The van der Waals surface area contributed by atoms with Crippen molar-refractivity contribution in [3.05, 3.63) is 35.9 Å². The third-order valence-corrected chi connectivity index (χ3v) is 3.75. The van der Waals surface area contributed by atoms with Gasteiger partial charge in [0, 0.05) is 13.1 Å². The summed E-state index contributed by atoms with van der Waals surface area (Å²) >= 11 is 0. The van der Waals surface area contributed by atoms with Crippen LogP contribution >= 0.6 is 0 Å². The van der Waals surface area contributed by atoms with Crippen LogP contribution in [0, 0.1) is 5.92 Å². The molecule has 21 heavy (non-hydrogen) atoms. The first kappa shape index (κ1) is 15.2. The number of nitrogens with one attached hydrogen (secondary N) is 1. The molecule has 1 fully saturated rings. The molecule has 2 N–H and O–H groups in total. The Kier molecular flexibility index (Phi) is 5.03. The number of carbonyl (C=O) groups excluding carboxylic acids is 1. The molecule has 114 valence electrons. The van der Waals surface area contributed by atoms with Crippen molar-refractivity contribution in [3.8, 4) is 0 Å². The lowest BCUT2D eigenvalue weighted by Crippen LogP contribution is -2.41. The summed E-state index contributed by atoms with van der Waals surface area (Å²) in [6.07, 6.45) is -0.641. The lowest BCUT2D eigenvalue weighted by molar-refractivity contribution is 0.132. The highest BCUT2D eigenvalue weighted by atomic mass is 16.5. The van der Waals surface area contributed by atoms with Crippen molar-refractivity contribution < 1.29 is 19.4 Å². The number of hydrogen-bond donors (Lipinski definition) is 2. The van der Waals surface area contributed by atoms with Crippen LogP contribution in [0.5, 0.6) is 0 Å². The maximum atomic E-state index is 11.8. The van der Waals surface area contributed by atoms with Gasteiger partial charge in [0.05, 0.1) is 6.04 Å². The molecule has 1 aliphatic heterocycles. The fourth-order valence-corrected chi connectivity index (χ4v) is 2.52. The fraction of sp³-hybridized carbons (Fsp3) is 0.467. The molecule has 2 amide bonds. The van der Waals surface area contributed by atoms with Crippen molar-refractivity contribution in [1.82, 2.24) is 10.2 Å². The van der Waals surface area contributed by atoms with Gasteiger partial charge in [0.15, 0.2) is 0 Å². The molecule has 1 aromatic carbocycles. The van der Waals surface area contributed by atoms with Crippen LogP contribution in [0.25, 0.3) is 0 Å². The Balaban J connectivity index is 1.83. The first-order chi connectivity index (χ1) is 10.1. The van der Waals surface area contributed by atoms with Crippen LogP contribution in [0.15, 0.2) is 30.3 Å². The van der Waals surface area contributed by atoms with E-state index in [2.05, 4.69) is 5.32 Å². The van der Waals surface area contributed by atoms with E-state index in [-0.39, 0.29) is 18.6 Å². The van der Waals surface area contributed by atoms with E-state index < -0.39 is 12.2 Å². The van der Waals surface area contributed by atoms with E-state index in [1.165, 1.54) is 4.90 Å². The van der Waals surface area contributed by atoms with Crippen LogP contribution in [0.2, 0.25) is 0 Å². The third kappa shape index (κ3) is 4.11. The summed E-state index contributed by atoms with van der Waals surface area (Å²) in [6.45, 7) is 2.96. The number of hydrogen-bond acceptors (Lipinski definition) is 3. The maximum Gasteiger partial charge on any atom is 0.407 e. The predicted octanol–water partition coefficient (Wildman–Crippen LogP) is 2.30. The standard InChI is InChI=1S/C15H20N2O4/c1-2-12-8-17(15(19)20)9-13(12)16-14(18)21-10-11-6-4-3-5-7-11/h3-7,12-13H,2,8-10H2,1H3,(H,16,18)(H,19,20)/t12-,13+/m1/s1. The van der Waals surface area contributed by atoms with Gasteiger partial charge in [0.25, 0.3) is 0 Å². The maximum absolute atomic E-state index is 11.8. The van der Waals surface area contributed by atoms with Crippen molar-refractivity contribution in [2.75, 3.05) is 13.1 Å². The highest BCUT2D eigenvalue weighted by molar-refractivity contribution is 5.69. The monoisotopic (exact) mass is 292 g/mol. The summed E-state index contributed by atoms with van der Waals surface area (Å²) in [5.74, 6) is 0.130. The molecule has 0 spiro atoms. The molecule has 6 nitrogen and oxygen atoms in total. The molecule has 2 rings (SSSR count). The summed E-state index contributed by atoms with van der Waals surface area (Å²) in [5.41, 5.74) is 0.915. The smallest absolute Gasteiger partial charge is 0.407 e. The topological polar surface area (TPSA) is 78.9 Å². The van der Waals surface area contributed by atoms with E-state index >= 15 is 0 Å². The Morgan fingerprint density at radius 2 is 2.05 bits per heavy atom. The Morgan fingerprint density at radius 3 is 2.67 bits per heavy atom. The second-order valence-corrected chi connectivity index (χ2v) is 5.17. The van der Waals surface area contributed by atoms with E-state index in [9.17, 15) is 9.59 Å². The zero-order valence-corrected chi connectivity index (χ0v) is 12.0. The van der Waals surface area contributed by atoms with Crippen LogP contribution in [-0.4, -0.2) is 41.3 Å². The average Bonchev–Trinajstić information content (AvgIpc) is 2.89. The Morgan fingerprint density at radius 1 is 1.33 bits per heavy atom. The largest absolute Gasteiger partial charge is 0.465 e. The molecule has 1 heterocycles. The summed E-state index contributed by atoms with van der Waals surface area (Å²) in [4.78, 5) is 24.1. The number of rotatable bonds is 4. The van der Waals surface area contributed by atoms with Gasteiger partial charge in [-0.1, -0.05) is 37.3 Å². The normalized spacial score (nSPS) is 21.1. The first-order valence-corrected chi connectivity index (χ1v) is 7.05. The number of likely N-dealkylation sites (tertiary alicyclic amines) is 1. The first-order valence-electron chi connectivity index (χ1n) is 7.05. The molecule has 0 aliphatic carbocycles. The molecular formula is C15H20N2O4. The van der Waals surface area contributed by atoms with E-state index in [1.54, 1.807) is 0 Å². The molecule has 1 aliphatic rings. The molecule has 0 bridgehead atoms. The minimum Gasteiger partial charge on any atom is -0.465 e. The number of alkyl carbamates (subject to hydrolysis) is 1. The molecular weight excluding hydrogens is 272 g/mol. The van der Waals surface area contributed by atoms with Crippen LogP contribution in [0.1, 0.15) is 18.9 Å². The fourth-order valence-electron chi connectivity index (χ4n) is 2.52. The van der Waals surface area contributed by atoms with E-state index in [1.807, 2.05) is 37.3 Å². The molecule has 0 aromatic heterocycles. The van der Waals surface area contributed by atoms with Gasteiger partial charge in [-0.3, -0.25) is 0 Å². The Labute approximate surface area is 123 Å². The van der Waals surface area contributed by atoms with Gasteiger partial charge in [0.2, 0.25) is 0 Å². The average molecular weight is 292 g/mol. The highest BCUT2D eigenvalue weighted by Gasteiger charge is 2.35. The minimum atomic E-state index is -0.949.